The fourth-order valence-corrected chi connectivity index (χ4v) is 3.28. The van der Waals surface area contributed by atoms with Crippen LogP contribution in [0.25, 0.3) is 22.4 Å². The molecule has 128 valence electrons. The van der Waals surface area contributed by atoms with E-state index in [1.54, 1.807) is 6.20 Å². The molecule has 0 saturated carbocycles. The minimum absolute atomic E-state index is 0.793. The third-order valence-electron chi connectivity index (χ3n) is 4.63. The highest BCUT2D eigenvalue weighted by Crippen LogP contribution is 2.33. The zero-order chi connectivity index (χ0) is 17.9. The highest BCUT2D eigenvalue weighted by Gasteiger charge is 2.11. The van der Waals surface area contributed by atoms with Gasteiger partial charge in [-0.25, -0.2) is 4.98 Å². The molecule has 0 aliphatic heterocycles. The number of hydrogen-bond acceptors (Lipinski definition) is 2. The molecule has 0 aliphatic rings. The number of benzene rings is 2. The van der Waals surface area contributed by atoms with Gasteiger partial charge in [0.1, 0.15) is 0 Å². The SMILES string of the molecule is Cc1ccc(C)c(-c2ccccc2-c2cc(Cn3ccnc3)ccn2)c1. The van der Waals surface area contributed by atoms with Crippen molar-refractivity contribution < 1.29 is 0 Å². The summed E-state index contributed by atoms with van der Waals surface area (Å²) in [7, 11) is 0. The second-order valence-corrected chi connectivity index (χ2v) is 6.65. The number of rotatable bonds is 4. The molecule has 0 amide bonds. The molecular weight excluding hydrogens is 318 g/mol. The largest absolute Gasteiger partial charge is 0.333 e. The number of hydrogen-bond donors (Lipinski definition) is 0. The molecule has 3 nitrogen and oxygen atoms in total. The first kappa shape index (κ1) is 16.3. The van der Waals surface area contributed by atoms with Crippen molar-refractivity contribution in [2.45, 2.75) is 20.4 Å². The first-order chi connectivity index (χ1) is 12.7. The van der Waals surface area contributed by atoms with Crippen molar-refractivity contribution in [2.75, 3.05) is 0 Å². The van der Waals surface area contributed by atoms with E-state index in [1.165, 1.54) is 27.8 Å². The summed E-state index contributed by atoms with van der Waals surface area (Å²) in [4.78, 5) is 8.77. The summed E-state index contributed by atoms with van der Waals surface area (Å²) in [5.74, 6) is 0. The molecule has 0 saturated heterocycles. The molecule has 0 N–H and O–H groups in total. The van der Waals surface area contributed by atoms with Crippen LogP contribution in [0.5, 0.6) is 0 Å². The van der Waals surface area contributed by atoms with Gasteiger partial charge in [0.05, 0.1) is 12.0 Å². The Morgan fingerprint density at radius 3 is 2.50 bits per heavy atom. The summed E-state index contributed by atoms with van der Waals surface area (Å²) in [6, 6.07) is 19.3. The second-order valence-electron chi connectivity index (χ2n) is 6.65. The lowest BCUT2D eigenvalue weighted by atomic mass is 9.93. The molecule has 0 radical (unpaired) electrons. The summed E-state index contributed by atoms with van der Waals surface area (Å²) in [6.07, 6.45) is 7.51. The van der Waals surface area contributed by atoms with Gasteiger partial charge in [-0.2, -0.15) is 0 Å². The Hall–Kier alpha value is -3.20. The summed E-state index contributed by atoms with van der Waals surface area (Å²) in [6.45, 7) is 5.09. The van der Waals surface area contributed by atoms with Gasteiger partial charge in [0, 0.05) is 30.7 Å². The minimum Gasteiger partial charge on any atom is -0.333 e. The number of pyridine rings is 1. The van der Waals surface area contributed by atoms with Gasteiger partial charge in [-0.3, -0.25) is 4.98 Å². The molecule has 2 heterocycles. The van der Waals surface area contributed by atoms with E-state index in [-0.39, 0.29) is 0 Å². The molecule has 0 spiro atoms. The van der Waals surface area contributed by atoms with Crippen molar-refractivity contribution in [3.05, 3.63) is 96.2 Å². The van der Waals surface area contributed by atoms with Crippen molar-refractivity contribution in [2.24, 2.45) is 0 Å². The van der Waals surface area contributed by atoms with E-state index < -0.39 is 0 Å². The summed E-state index contributed by atoms with van der Waals surface area (Å²) >= 11 is 0. The van der Waals surface area contributed by atoms with Crippen LogP contribution < -0.4 is 0 Å². The van der Waals surface area contributed by atoms with Crippen molar-refractivity contribution in [1.82, 2.24) is 14.5 Å². The summed E-state index contributed by atoms with van der Waals surface area (Å²) in [5.41, 5.74) is 8.40. The highest BCUT2D eigenvalue weighted by atomic mass is 15.0. The topological polar surface area (TPSA) is 30.7 Å². The molecule has 4 rings (SSSR count). The maximum absolute atomic E-state index is 4.65. The molecule has 0 bridgehead atoms. The summed E-state index contributed by atoms with van der Waals surface area (Å²) in [5, 5.41) is 0. The first-order valence-electron chi connectivity index (χ1n) is 8.78. The van der Waals surface area contributed by atoms with Crippen LogP contribution in [0.4, 0.5) is 0 Å². The van der Waals surface area contributed by atoms with Crippen LogP contribution in [0.1, 0.15) is 16.7 Å². The van der Waals surface area contributed by atoms with Crippen LogP contribution in [0.2, 0.25) is 0 Å². The number of imidazole rings is 1. The Balaban J connectivity index is 1.78. The Morgan fingerprint density at radius 2 is 1.69 bits per heavy atom. The molecule has 0 atom stereocenters. The van der Waals surface area contributed by atoms with E-state index in [0.717, 1.165) is 17.8 Å². The zero-order valence-corrected chi connectivity index (χ0v) is 15.1. The summed E-state index contributed by atoms with van der Waals surface area (Å²) < 4.78 is 2.07. The minimum atomic E-state index is 0.793. The monoisotopic (exact) mass is 339 g/mol. The van der Waals surface area contributed by atoms with Crippen molar-refractivity contribution in [3.8, 4) is 22.4 Å². The van der Waals surface area contributed by atoms with E-state index in [9.17, 15) is 0 Å². The van der Waals surface area contributed by atoms with Crippen molar-refractivity contribution in [3.63, 3.8) is 0 Å². The Labute approximate surface area is 154 Å². The molecule has 3 heteroatoms. The molecule has 2 aromatic heterocycles. The van der Waals surface area contributed by atoms with E-state index in [4.69, 9.17) is 0 Å². The third kappa shape index (κ3) is 3.29. The Morgan fingerprint density at radius 1 is 0.846 bits per heavy atom. The van der Waals surface area contributed by atoms with Crippen LogP contribution in [0.15, 0.2) is 79.5 Å². The molecular formula is C23H21N3. The third-order valence-corrected chi connectivity index (χ3v) is 4.63. The van der Waals surface area contributed by atoms with Crippen molar-refractivity contribution >= 4 is 0 Å². The van der Waals surface area contributed by atoms with E-state index >= 15 is 0 Å². The number of nitrogens with zero attached hydrogens (tertiary/aromatic N) is 3. The average Bonchev–Trinajstić information content (AvgIpc) is 3.17. The predicted octanol–water partition coefficient (Wildman–Crippen LogP) is 5.28. The molecule has 4 aromatic rings. The first-order valence-corrected chi connectivity index (χ1v) is 8.78. The van der Waals surface area contributed by atoms with E-state index in [0.29, 0.717) is 0 Å². The lowest BCUT2D eigenvalue weighted by Gasteiger charge is -2.13. The highest BCUT2D eigenvalue weighted by molar-refractivity contribution is 5.83. The maximum Gasteiger partial charge on any atom is 0.0949 e. The Bertz CT molecular complexity index is 1030. The molecule has 0 aliphatic carbocycles. The van der Waals surface area contributed by atoms with Gasteiger partial charge in [0.2, 0.25) is 0 Å². The quantitative estimate of drug-likeness (QED) is 0.506. The van der Waals surface area contributed by atoms with Gasteiger partial charge in [-0.15, -0.1) is 0 Å². The second kappa shape index (κ2) is 6.96. The maximum atomic E-state index is 4.65. The lowest BCUT2D eigenvalue weighted by Crippen LogP contribution is -1.98. The van der Waals surface area contributed by atoms with E-state index in [1.807, 2.05) is 18.7 Å². The number of aryl methyl sites for hydroxylation is 2. The van der Waals surface area contributed by atoms with Crippen LogP contribution >= 0.6 is 0 Å². The molecule has 0 unspecified atom stereocenters. The van der Waals surface area contributed by atoms with Gasteiger partial charge in [0.15, 0.2) is 0 Å². The van der Waals surface area contributed by atoms with Gasteiger partial charge in [-0.1, -0.05) is 48.0 Å². The van der Waals surface area contributed by atoms with Crippen molar-refractivity contribution in [1.29, 1.82) is 0 Å². The van der Waals surface area contributed by atoms with Crippen LogP contribution in [0.3, 0.4) is 0 Å². The fraction of sp³-hybridized carbons (Fsp3) is 0.130. The van der Waals surface area contributed by atoms with Crippen LogP contribution in [-0.2, 0) is 6.54 Å². The smallest absolute Gasteiger partial charge is 0.0949 e. The van der Waals surface area contributed by atoms with Gasteiger partial charge >= 0.3 is 0 Å². The fourth-order valence-electron chi connectivity index (χ4n) is 3.28. The normalized spacial score (nSPS) is 10.8. The standard InChI is InChI=1S/C23H21N3/c1-17-7-8-18(2)22(13-17)20-5-3-4-6-21(20)23-14-19(9-10-25-23)15-26-12-11-24-16-26/h3-14,16H,15H2,1-2H3. The van der Waals surface area contributed by atoms with Crippen LogP contribution in [-0.4, -0.2) is 14.5 Å². The van der Waals surface area contributed by atoms with Crippen LogP contribution in [0, 0.1) is 13.8 Å². The predicted molar refractivity (Wildman–Crippen MR) is 106 cm³/mol. The number of aromatic nitrogens is 3. The Kier molecular flexibility index (Phi) is 4.36. The van der Waals surface area contributed by atoms with E-state index in [2.05, 4.69) is 83.0 Å². The molecule has 2 aromatic carbocycles. The van der Waals surface area contributed by atoms with Gasteiger partial charge < -0.3 is 4.57 Å². The van der Waals surface area contributed by atoms with Gasteiger partial charge in [-0.05, 0) is 48.2 Å². The molecule has 26 heavy (non-hydrogen) atoms. The average molecular weight is 339 g/mol. The molecule has 0 fully saturated rings. The zero-order valence-electron chi connectivity index (χ0n) is 15.1. The van der Waals surface area contributed by atoms with Gasteiger partial charge in [0.25, 0.3) is 0 Å². The lowest BCUT2D eigenvalue weighted by molar-refractivity contribution is 0.796.